The quantitative estimate of drug-likeness (QED) is 0.697. The Labute approximate surface area is 99.2 Å². The number of carbonyl (C=O) groups is 1. The number of nitrogens with two attached hydrogens (primary N) is 1. The molecule has 3 heteroatoms. The van der Waals surface area contributed by atoms with Gasteiger partial charge in [-0.1, -0.05) is 27.2 Å². The molecule has 0 aromatic heterocycles. The van der Waals surface area contributed by atoms with E-state index in [1.807, 2.05) is 0 Å². The monoisotopic (exact) mass is 226 g/mol. The molecular weight excluding hydrogens is 200 g/mol. The van der Waals surface area contributed by atoms with Crippen LogP contribution in [0.1, 0.15) is 46.5 Å². The average Bonchev–Trinajstić information content (AvgIpc) is 3.05. The minimum absolute atomic E-state index is 0.183. The van der Waals surface area contributed by atoms with Crippen molar-refractivity contribution < 1.29 is 4.79 Å². The molecule has 0 saturated heterocycles. The third-order valence-electron chi connectivity index (χ3n) is 3.71. The molecule has 0 spiro atoms. The number of nitrogens with one attached hydrogen (secondary N) is 1. The van der Waals surface area contributed by atoms with Crippen molar-refractivity contribution in [3.63, 3.8) is 0 Å². The molecule has 0 aliphatic heterocycles. The fourth-order valence-corrected chi connectivity index (χ4v) is 2.22. The predicted octanol–water partition coefficient (Wildman–Crippen LogP) is 1.91. The van der Waals surface area contributed by atoms with Crippen LogP contribution < -0.4 is 11.1 Å². The van der Waals surface area contributed by atoms with Gasteiger partial charge in [0.05, 0.1) is 0 Å². The van der Waals surface area contributed by atoms with Gasteiger partial charge in [0, 0.05) is 19.0 Å². The summed E-state index contributed by atoms with van der Waals surface area (Å²) >= 11 is 0. The van der Waals surface area contributed by atoms with Gasteiger partial charge in [0.25, 0.3) is 0 Å². The highest BCUT2D eigenvalue weighted by Crippen LogP contribution is 2.32. The highest BCUT2D eigenvalue weighted by atomic mass is 16.1. The van der Waals surface area contributed by atoms with Gasteiger partial charge in [-0.15, -0.1) is 0 Å². The largest absolute Gasteiger partial charge is 0.352 e. The van der Waals surface area contributed by atoms with Crippen LogP contribution in [0.2, 0.25) is 0 Å². The van der Waals surface area contributed by atoms with Crippen LogP contribution in [0, 0.1) is 17.8 Å². The van der Waals surface area contributed by atoms with Crippen LogP contribution in [-0.2, 0) is 4.79 Å². The number of hydrogen-bond donors (Lipinski definition) is 2. The molecule has 1 aliphatic carbocycles. The molecule has 2 atom stereocenters. The molecule has 16 heavy (non-hydrogen) atoms. The lowest BCUT2D eigenvalue weighted by Crippen LogP contribution is -2.42. The smallest absolute Gasteiger partial charge is 0.220 e. The Balaban J connectivity index is 2.33. The van der Waals surface area contributed by atoms with Crippen molar-refractivity contribution >= 4 is 5.91 Å². The van der Waals surface area contributed by atoms with Crippen LogP contribution in [-0.4, -0.2) is 18.5 Å². The minimum Gasteiger partial charge on any atom is -0.352 e. The van der Waals surface area contributed by atoms with Crippen LogP contribution in [0.25, 0.3) is 0 Å². The molecule has 0 heterocycles. The summed E-state index contributed by atoms with van der Waals surface area (Å²) in [4.78, 5) is 11.9. The molecule has 0 aromatic carbocycles. The predicted molar refractivity (Wildman–Crippen MR) is 66.9 cm³/mol. The van der Waals surface area contributed by atoms with Gasteiger partial charge in [-0.25, -0.2) is 0 Å². The van der Waals surface area contributed by atoms with E-state index in [9.17, 15) is 4.79 Å². The first-order chi connectivity index (χ1) is 7.58. The average molecular weight is 226 g/mol. The van der Waals surface area contributed by atoms with Crippen LogP contribution in [0.5, 0.6) is 0 Å². The van der Waals surface area contributed by atoms with Crippen LogP contribution in [0.15, 0.2) is 0 Å². The van der Waals surface area contributed by atoms with Gasteiger partial charge in [-0.05, 0) is 30.6 Å². The van der Waals surface area contributed by atoms with Gasteiger partial charge in [-0.2, -0.15) is 0 Å². The van der Waals surface area contributed by atoms with Crippen molar-refractivity contribution in [2.45, 2.75) is 52.5 Å². The lowest BCUT2D eigenvalue weighted by Gasteiger charge is -2.21. The van der Waals surface area contributed by atoms with Gasteiger partial charge in [0.1, 0.15) is 0 Å². The zero-order valence-electron chi connectivity index (χ0n) is 10.8. The van der Waals surface area contributed by atoms with E-state index in [0.29, 0.717) is 30.7 Å². The summed E-state index contributed by atoms with van der Waals surface area (Å²) < 4.78 is 0. The van der Waals surface area contributed by atoms with Gasteiger partial charge in [0.15, 0.2) is 0 Å². The summed E-state index contributed by atoms with van der Waals surface area (Å²) in [6.45, 7) is 7.10. The van der Waals surface area contributed by atoms with Crippen molar-refractivity contribution in [1.82, 2.24) is 5.32 Å². The lowest BCUT2D eigenvalue weighted by molar-refractivity contribution is -0.123. The molecule has 1 amide bonds. The maximum Gasteiger partial charge on any atom is 0.220 e. The Bertz CT molecular complexity index is 210. The first-order valence-electron chi connectivity index (χ1n) is 6.57. The van der Waals surface area contributed by atoms with Gasteiger partial charge < -0.3 is 11.1 Å². The molecule has 94 valence electrons. The SMILES string of the molecule is CCC(CC(=O)NC(CN)C1CC1)C(C)C. The zero-order valence-corrected chi connectivity index (χ0v) is 10.8. The van der Waals surface area contributed by atoms with Gasteiger partial charge >= 0.3 is 0 Å². The van der Waals surface area contributed by atoms with Crippen molar-refractivity contribution in [2.24, 2.45) is 23.5 Å². The minimum atomic E-state index is 0.183. The highest BCUT2D eigenvalue weighted by Gasteiger charge is 2.31. The van der Waals surface area contributed by atoms with Gasteiger partial charge in [-0.3, -0.25) is 4.79 Å². The fraction of sp³-hybridized carbons (Fsp3) is 0.923. The molecule has 2 unspecified atom stereocenters. The molecule has 1 saturated carbocycles. The van der Waals surface area contributed by atoms with Gasteiger partial charge in [0.2, 0.25) is 5.91 Å². The molecule has 3 N–H and O–H groups in total. The standard InChI is InChI=1S/C13H26N2O/c1-4-10(9(2)3)7-13(16)15-12(8-14)11-5-6-11/h9-12H,4-8,14H2,1-3H3,(H,15,16). The number of hydrogen-bond acceptors (Lipinski definition) is 2. The number of carbonyl (C=O) groups excluding carboxylic acids is 1. The summed E-state index contributed by atoms with van der Waals surface area (Å²) in [5, 5.41) is 3.08. The molecule has 0 aromatic rings. The van der Waals surface area contributed by atoms with Crippen molar-refractivity contribution in [1.29, 1.82) is 0 Å². The molecule has 3 nitrogen and oxygen atoms in total. The van der Waals surface area contributed by atoms with E-state index in [2.05, 4.69) is 26.1 Å². The molecule has 1 rings (SSSR count). The fourth-order valence-electron chi connectivity index (χ4n) is 2.22. The Morgan fingerprint density at radius 1 is 1.44 bits per heavy atom. The second kappa shape index (κ2) is 6.24. The topological polar surface area (TPSA) is 55.1 Å². The Kier molecular flexibility index (Phi) is 5.26. The molecule has 0 radical (unpaired) electrons. The third-order valence-corrected chi connectivity index (χ3v) is 3.71. The first-order valence-corrected chi connectivity index (χ1v) is 6.57. The molecule has 1 fully saturated rings. The normalized spacial score (nSPS) is 19.6. The van der Waals surface area contributed by atoms with E-state index in [0.717, 1.165) is 6.42 Å². The first kappa shape index (κ1) is 13.5. The maximum absolute atomic E-state index is 11.9. The van der Waals surface area contributed by atoms with E-state index >= 15 is 0 Å². The van der Waals surface area contributed by atoms with Crippen molar-refractivity contribution in [3.8, 4) is 0 Å². The molecule has 0 bridgehead atoms. The summed E-state index contributed by atoms with van der Waals surface area (Å²) in [6, 6.07) is 0.220. The third kappa shape index (κ3) is 4.12. The summed E-state index contributed by atoms with van der Waals surface area (Å²) in [5.41, 5.74) is 5.67. The second-order valence-electron chi connectivity index (χ2n) is 5.36. The van der Waals surface area contributed by atoms with Crippen LogP contribution in [0.3, 0.4) is 0 Å². The summed E-state index contributed by atoms with van der Waals surface area (Å²) in [5.74, 6) is 1.90. The van der Waals surface area contributed by atoms with Crippen LogP contribution >= 0.6 is 0 Å². The van der Waals surface area contributed by atoms with Crippen molar-refractivity contribution in [2.75, 3.05) is 6.54 Å². The van der Waals surface area contributed by atoms with E-state index < -0.39 is 0 Å². The number of amides is 1. The molecular formula is C13H26N2O. The Morgan fingerprint density at radius 3 is 2.44 bits per heavy atom. The van der Waals surface area contributed by atoms with E-state index in [4.69, 9.17) is 5.73 Å². The molecule has 1 aliphatic rings. The highest BCUT2D eigenvalue weighted by molar-refractivity contribution is 5.76. The van der Waals surface area contributed by atoms with Crippen molar-refractivity contribution in [3.05, 3.63) is 0 Å². The second-order valence-corrected chi connectivity index (χ2v) is 5.36. The van der Waals surface area contributed by atoms with E-state index in [1.54, 1.807) is 0 Å². The Hall–Kier alpha value is -0.570. The lowest BCUT2D eigenvalue weighted by atomic mass is 9.90. The summed E-state index contributed by atoms with van der Waals surface area (Å²) in [7, 11) is 0. The van der Waals surface area contributed by atoms with Crippen LogP contribution in [0.4, 0.5) is 0 Å². The summed E-state index contributed by atoms with van der Waals surface area (Å²) in [6.07, 6.45) is 4.17. The zero-order chi connectivity index (χ0) is 12.1. The van der Waals surface area contributed by atoms with E-state index in [-0.39, 0.29) is 11.9 Å². The Morgan fingerprint density at radius 2 is 2.06 bits per heavy atom. The maximum atomic E-state index is 11.9. The number of rotatable bonds is 7. The van der Waals surface area contributed by atoms with E-state index in [1.165, 1.54) is 12.8 Å².